The van der Waals surface area contributed by atoms with Crippen molar-refractivity contribution in [1.82, 2.24) is 0 Å². The minimum atomic E-state index is -0.591. The zero-order valence-electron chi connectivity index (χ0n) is 9.84. The summed E-state index contributed by atoms with van der Waals surface area (Å²) in [6, 6.07) is 10.8. The van der Waals surface area contributed by atoms with E-state index in [9.17, 15) is 10.1 Å². The van der Waals surface area contributed by atoms with Crippen LogP contribution in [0.25, 0.3) is 0 Å². The lowest BCUT2D eigenvalue weighted by Gasteiger charge is -2.08. The second-order valence-corrected chi connectivity index (χ2v) is 5.08. The van der Waals surface area contributed by atoms with Crippen LogP contribution in [0.2, 0.25) is 5.02 Å². The summed E-state index contributed by atoms with van der Waals surface area (Å²) in [6.07, 6.45) is 0. The molecule has 0 fully saturated rings. The summed E-state index contributed by atoms with van der Waals surface area (Å²) in [5.74, 6) is 0.263. The lowest BCUT2D eigenvalue weighted by Crippen LogP contribution is -1.94. The van der Waals surface area contributed by atoms with Gasteiger partial charge in [-0.3, -0.25) is 10.1 Å². The van der Waals surface area contributed by atoms with Crippen LogP contribution in [-0.4, -0.2) is 4.92 Å². The van der Waals surface area contributed by atoms with Gasteiger partial charge in [0, 0.05) is 15.6 Å². The third-order valence-corrected chi connectivity index (χ3v) is 3.13. The van der Waals surface area contributed by atoms with Crippen LogP contribution < -0.4 is 4.74 Å². The van der Waals surface area contributed by atoms with Crippen molar-refractivity contribution in [2.45, 2.75) is 0 Å². The van der Waals surface area contributed by atoms with E-state index in [4.69, 9.17) is 21.6 Å². The molecule has 0 bridgehead atoms. The van der Waals surface area contributed by atoms with Crippen LogP contribution in [0.15, 0.2) is 40.9 Å². The molecule has 20 heavy (non-hydrogen) atoms. The predicted molar refractivity (Wildman–Crippen MR) is 77.0 cm³/mol. The highest BCUT2D eigenvalue weighted by Crippen LogP contribution is 2.35. The zero-order valence-corrected chi connectivity index (χ0v) is 12.2. The van der Waals surface area contributed by atoms with E-state index in [-0.39, 0.29) is 27.8 Å². The summed E-state index contributed by atoms with van der Waals surface area (Å²) in [7, 11) is 0. The highest BCUT2D eigenvalue weighted by Gasteiger charge is 2.17. The first-order chi connectivity index (χ1) is 9.51. The smallest absolute Gasteiger partial charge is 0.313 e. The van der Waals surface area contributed by atoms with Crippen LogP contribution in [0.1, 0.15) is 5.56 Å². The van der Waals surface area contributed by atoms with Crippen molar-refractivity contribution in [2.75, 3.05) is 0 Å². The fourth-order valence-electron chi connectivity index (χ4n) is 1.52. The van der Waals surface area contributed by atoms with Gasteiger partial charge in [0.15, 0.2) is 0 Å². The summed E-state index contributed by atoms with van der Waals surface area (Å²) in [4.78, 5) is 10.4. The lowest BCUT2D eigenvalue weighted by atomic mass is 10.2. The topological polar surface area (TPSA) is 76.2 Å². The molecule has 5 nitrogen and oxygen atoms in total. The fourth-order valence-corrected chi connectivity index (χ4v) is 2.04. The van der Waals surface area contributed by atoms with Crippen molar-refractivity contribution in [3.05, 3.63) is 61.6 Å². The number of nitriles is 1. The number of nitro groups is 1. The molecule has 2 aromatic carbocycles. The molecule has 2 rings (SSSR count). The van der Waals surface area contributed by atoms with E-state index >= 15 is 0 Å². The quantitative estimate of drug-likeness (QED) is 0.593. The Morgan fingerprint density at radius 1 is 1.25 bits per heavy atom. The van der Waals surface area contributed by atoms with Gasteiger partial charge in [-0.2, -0.15) is 5.26 Å². The van der Waals surface area contributed by atoms with Gasteiger partial charge >= 0.3 is 5.69 Å². The first kappa shape index (κ1) is 14.3. The molecule has 0 saturated heterocycles. The van der Waals surface area contributed by atoms with Crippen molar-refractivity contribution in [2.24, 2.45) is 0 Å². The Morgan fingerprint density at radius 2 is 1.95 bits per heavy atom. The lowest BCUT2D eigenvalue weighted by molar-refractivity contribution is -0.385. The minimum Gasteiger partial charge on any atom is -0.449 e. The summed E-state index contributed by atoms with van der Waals surface area (Å²) in [5.41, 5.74) is 0.00734. The second kappa shape index (κ2) is 5.90. The standard InChI is InChI=1S/C13H6BrClN2O3/c14-9-1-3-12(8(5-9)7-16)20-13-4-2-10(15)6-11(13)17(18)19/h1-6H. The number of ether oxygens (including phenoxy) is 1. The van der Waals surface area contributed by atoms with Crippen LogP contribution in [0, 0.1) is 21.4 Å². The van der Waals surface area contributed by atoms with Crippen LogP contribution in [0.5, 0.6) is 11.5 Å². The van der Waals surface area contributed by atoms with Gasteiger partial charge < -0.3 is 4.74 Å². The van der Waals surface area contributed by atoms with Crippen molar-refractivity contribution >= 4 is 33.2 Å². The van der Waals surface area contributed by atoms with Crippen molar-refractivity contribution in [1.29, 1.82) is 5.26 Å². The molecule has 0 aliphatic heterocycles. The number of hydrogen-bond acceptors (Lipinski definition) is 4. The Labute approximate surface area is 127 Å². The molecule has 7 heteroatoms. The maximum atomic E-state index is 11.0. The fraction of sp³-hybridized carbons (Fsp3) is 0. The zero-order chi connectivity index (χ0) is 14.7. The highest BCUT2D eigenvalue weighted by molar-refractivity contribution is 9.10. The van der Waals surface area contributed by atoms with Gasteiger partial charge in [-0.1, -0.05) is 27.5 Å². The minimum absolute atomic E-state index is 0.0261. The molecule has 0 aromatic heterocycles. The molecule has 0 saturated carbocycles. The Balaban J connectivity index is 2.45. The van der Waals surface area contributed by atoms with E-state index in [0.717, 1.165) is 0 Å². The van der Waals surface area contributed by atoms with Gasteiger partial charge in [0.1, 0.15) is 11.8 Å². The predicted octanol–water partition coefficient (Wildman–Crippen LogP) is 4.67. The van der Waals surface area contributed by atoms with Gasteiger partial charge in [0.25, 0.3) is 0 Å². The van der Waals surface area contributed by atoms with Crippen molar-refractivity contribution in [3.63, 3.8) is 0 Å². The van der Waals surface area contributed by atoms with Crippen molar-refractivity contribution < 1.29 is 9.66 Å². The molecular formula is C13H6BrClN2O3. The largest absolute Gasteiger partial charge is 0.449 e. The number of benzene rings is 2. The average Bonchev–Trinajstić information content (AvgIpc) is 2.42. The maximum Gasteiger partial charge on any atom is 0.313 e. The van der Waals surface area contributed by atoms with Gasteiger partial charge in [-0.05, 0) is 30.3 Å². The molecular weight excluding hydrogens is 348 g/mol. The van der Waals surface area contributed by atoms with E-state index in [0.29, 0.717) is 4.47 Å². The first-order valence-electron chi connectivity index (χ1n) is 5.32. The van der Waals surface area contributed by atoms with Gasteiger partial charge in [0.05, 0.1) is 10.5 Å². The Kier molecular flexibility index (Phi) is 4.23. The van der Waals surface area contributed by atoms with Crippen LogP contribution in [-0.2, 0) is 0 Å². The first-order valence-corrected chi connectivity index (χ1v) is 6.50. The molecule has 0 atom stereocenters. The third-order valence-electron chi connectivity index (χ3n) is 2.40. The van der Waals surface area contributed by atoms with Crippen LogP contribution >= 0.6 is 27.5 Å². The van der Waals surface area contributed by atoms with E-state index < -0.39 is 4.92 Å². The molecule has 0 aliphatic rings. The maximum absolute atomic E-state index is 11.0. The molecule has 0 amide bonds. The number of hydrogen-bond donors (Lipinski definition) is 0. The summed E-state index contributed by atoms with van der Waals surface area (Å²) in [5, 5.41) is 20.2. The normalized spacial score (nSPS) is 9.85. The Hall–Kier alpha value is -2.10. The highest BCUT2D eigenvalue weighted by atomic mass is 79.9. The molecule has 0 spiro atoms. The van der Waals surface area contributed by atoms with E-state index in [1.165, 1.54) is 18.2 Å². The molecule has 0 radical (unpaired) electrons. The van der Waals surface area contributed by atoms with E-state index in [1.807, 2.05) is 6.07 Å². The van der Waals surface area contributed by atoms with Gasteiger partial charge in [-0.15, -0.1) is 0 Å². The number of nitro benzene ring substituents is 1. The number of nitrogens with zero attached hydrogens (tertiary/aromatic N) is 2. The summed E-state index contributed by atoms with van der Waals surface area (Å²) < 4.78 is 6.17. The average molecular weight is 354 g/mol. The molecule has 100 valence electrons. The second-order valence-electron chi connectivity index (χ2n) is 3.72. The molecule has 0 N–H and O–H groups in total. The van der Waals surface area contributed by atoms with Crippen molar-refractivity contribution in [3.8, 4) is 17.6 Å². The third kappa shape index (κ3) is 3.07. The van der Waals surface area contributed by atoms with Gasteiger partial charge in [-0.25, -0.2) is 0 Å². The Morgan fingerprint density at radius 3 is 2.60 bits per heavy atom. The van der Waals surface area contributed by atoms with Gasteiger partial charge in [0.2, 0.25) is 5.75 Å². The summed E-state index contributed by atoms with van der Waals surface area (Å²) >= 11 is 8.96. The molecule has 2 aromatic rings. The SMILES string of the molecule is N#Cc1cc(Br)ccc1Oc1ccc(Cl)cc1[N+](=O)[O-]. The Bertz CT molecular complexity index is 728. The molecule has 0 unspecified atom stereocenters. The number of rotatable bonds is 3. The summed E-state index contributed by atoms with van der Waals surface area (Å²) in [6.45, 7) is 0. The van der Waals surface area contributed by atoms with Crippen LogP contribution in [0.3, 0.4) is 0 Å². The van der Waals surface area contributed by atoms with Crippen LogP contribution in [0.4, 0.5) is 5.69 Å². The van der Waals surface area contributed by atoms with E-state index in [2.05, 4.69) is 15.9 Å². The number of halogens is 2. The molecule has 0 aliphatic carbocycles. The van der Waals surface area contributed by atoms with E-state index in [1.54, 1.807) is 18.2 Å². The molecule has 0 heterocycles. The monoisotopic (exact) mass is 352 g/mol.